The molecule has 1 unspecified atom stereocenters. The maximum absolute atomic E-state index is 12.1. The molecule has 0 aliphatic rings. The number of nitrogens with one attached hydrogen (secondary N) is 1. The SMILES string of the molecule is CC(NC(=O)c1ccccc1)c1nc(-c2ccccc2Cl)no1. The summed E-state index contributed by atoms with van der Waals surface area (Å²) < 4.78 is 5.24. The molecular weight excluding hydrogens is 314 g/mol. The van der Waals surface area contributed by atoms with Gasteiger partial charge >= 0.3 is 0 Å². The van der Waals surface area contributed by atoms with Gasteiger partial charge < -0.3 is 9.84 Å². The molecule has 23 heavy (non-hydrogen) atoms. The van der Waals surface area contributed by atoms with Crippen molar-refractivity contribution < 1.29 is 9.32 Å². The lowest BCUT2D eigenvalue weighted by Crippen LogP contribution is -2.26. The van der Waals surface area contributed by atoms with Gasteiger partial charge in [0.1, 0.15) is 6.04 Å². The minimum Gasteiger partial charge on any atom is -0.341 e. The van der Waals surface area contributed by atoms with E-state index in [9.17, 15) is 4.79 Å². The van der Waals surface area contributed by atoms with Crippen molar-refractivity contribution in [3.8, 4) is 11.4 Å². The van der Waals surface area contributed by atoms with Gasteiger partial charge in [-0.25, -0.2) is 0 Å². The van der Waals surface area contributed by atoms with Crippen molar-refractivity contribution in [2.24, 2.45) is 0 Å². The van der Waals surface area contributed by atoms with Crippen LogP contribution in [-0.4, -0.2) is 16.0 Å². The van der Waals surface area contributed by atoms with Crippen LogP contribution in [0.3, 0.4) is 0 Å². The van der Waals surface area contributed by atoms with Gasteiger partial charge in [0.25, 0.3) is 5.91 Å². The maximum Gasteiger partial charge on any atom is 0.251 e. The highest BCUT2D eigenvalue weighted by atomic mass is 35.5. The number of halogens is 1. The zero-order valence-corrected chi connectivity index (χ0v) is 13.1. The van der Waals surface area contributed by atoms with Crippen molar-refractivity contribution in [2.75, 3.05) is 0 Å². The van der Waals surface area contributed by atoms with E-state index in [0.717, 1.165) is 0 Å². The van der Waals surface area contributed by atoms with Crippen molar-refractivity contribution in [1.29, 1.82) is 0 Å². The molecule has 6 heteroatoms. The van der Waals surface area contributed by atoms with E-state index in [2.05, 4.69) is 15.5 Å². The summed E-state index contributed by atoms with van der Waals surface area (Å²) in [6.07, 6.45) is 0. The molecule has 1 atom stereocenters. The second-order valence-electron chi connectivity index (χ2n) is 5.00. The molecule has 1 aromatic heterocycles. The zero-order chi connectivity index (χ0) is 16.2. The Labute approximate surface area is 138 Å². The van der Waals surface area contributed by atoms with E-state index in [1.807, 2.05) is 36.4 Å². The summed E-state index contributed by atoms with van der Waals surface area (Å²) in [7, 11) is 0. The predicted octanol–water partition coefficient (Wildman–Crippen LogP) is 3.88. The van der Waals surface area contributed by atoms with Crippen molar-refractivity contribution >= 4 is 17.5 Å². The number of nitrogens with zero attached hydrogens (tertiary/aromatic N) is 2. The van der Waals surface area contributed by atoms with E-state index in [0.29, 0.717) is 27.9 Å². The predicted molar refractivity (Wildman–Crippen MR) is 87.1 cm³/mol. The number of rotatable bonds is 4. The van der Waals surface area contributed by atoms with Gasteiger partial charge in [-0.3, -0.25) is 4.79 Å². The molecule has 3 rings (SSSR count). The van der Waals surface area contributed by atoms with Crippen LogP contribution in [0, 0.1) is 0 Å². The molecule has 3 aromatic rings. The van der Waals surface area contributed by atoms with Gasteiger partial charge in [-0.05, 0) is 31.2 Å². The third kappa shape index (κ3) is 3.40. The second kappa shape index (κ2) is 6.62. The Hall–Kier alpha value is -2.66. The average molecular weight is 328 g/mol. The van der Waals surface area contributed by atoms with Crippen LogP contribution < -0.4 is 5.32 Å². The third-order valence-corrected chi connectivity index (χ3v) is 3.64. The van der Waals surface area contributed by atoms with Gasteiger partial charge in [-0.2, -0.15) is 4.98 Å². The Bertz CT molecular complexity index is 817. The van der Waals surface area contributed by atoms with Crippen molar-refractivity contribution in [1.82, 2.24) is 15.5 Å². The fourth-order valence-electron chi connectivity index (χ4n) is 2.09. The van der Waals surface area contributed by atoms with E-state index in [-0.39, 0.29) is 5.91 Å². The van der Waals surface area contributed by atoms with E-state index >= 15 is 0 Å². The van der Waals surface area contributed by atoms with E-state index in [1.165, 1.54) is 0 Å². The first-order valence-electron chi connectivity index (χ1n) is 7.09. The van der Waals surface area contributed by atoms with E-state index < -0.39 is 6.04 Å². The van der Waals surface area contributed by atoms with Crippen LogP contribution >= 0.6 is 11.6 Å². The molecule has 1 N–H and O–H groups in total. The van der Waals surface area contributed by atoms with E-state index in [1.54, 1.807) is 25.1 Å². The maximum atomic E-state index is 12.1. The first kappa shape index (κ1) is 15.2. The standard InChI is InChI=1S/C17H14ClN3O2/c1-11(19-16(22)12-7-3-2-4-8-12)17-20-15(21-23-17)13-9-5-6-10-14(13)18/h2-11H,1H3,(H,19,22). The molecule has 2 aromatic carbocycles. The monoisotopic (exact) mass is 327 g/mol. The van der Waals surface area contributed by atoms with Crippen LogP contribution in [0.5, 0.6) is 0 Å². The van der Waals surface area contributed by atoms with Gasteiger partial charge in [0, 0.05) is 11.1 Å². The van der Waals surface area contributed by atoms with Crippen molar-refractivity contribution in [2.45, 2.75) is 13.0 Å². The van der Waals surface area contributed by atoms with Gasteiger partial charge in [0.15, 0.2) is 0 Å². The lowest BCUT2D eigenvalue weighted by Gasteiger charge is -2.09. The summed E-state index contributed by atoms with van der Waals surface area (Å²) in [6.45, 7) is 1.78. The Morgan fingerprint density at radius 3 is 2.57 bits per heavy atom. The molecular formula is C17H14ClN3O2. The zero-order valence-electron chi connectivity index (χ0n) is 12.4. The summed E-state index contributed by atoms with van der Waals surface area (Å²) in [5, 5.41) is 7.29. The van der Waals surface area contributed by atoms with Gasteiger partial charge in [-0.15, -0.1) is 0 Å². The summed E-state index contributed by atoms with van der Waals surface area (Å²) in [4.78, 5) is 16.4. The van der Waals surface area contributed by atoms with Crippen LogP contribution in [0.2, 0.25) is 5.02 Å². The van der Waals surface area contributed by atoms with Crippen LogP contribution in [0.1, 0.15) is 29.2 Å². The lowest BCUT2D eigenvalue weighted by atomic mass is 10.2. The Balaban J connectivity index is 1.75. The topological polar surface area (TPSA) is 68.0 Å². The highest BCUT2D eigenvalue weighted by molar-refractivity contribution is 6.33. The molecule has 1 amide bonds. The molecule has 0 saturated heterocycles. The molecule has 0 radical (unpaired) electrons. The first-order chi connectivity index (χ1) is 11.1. The van der Waals surface area contributed by atoms with Crippen LogP contribution in [0.4, 0.5) is 0 Å². The summed E-state index contributed by atoms with van der Waals surface area (Å²) >= 11 is 6.12. The molecule has 0 fully saturated rings. The third-order valence-electron chi connectivity index (χ3n) is 3.31. The highest BCUT2D eigenvalue weighted by Crippen LogP contribution is 2.26. The minimum absolute atomic E-state index is 0.199. The summed E-state index contributed by atoms with van der Waals surface area (Å²) in [6, 6.07) is 15.8. The Kier molecular flexibility index (Phi) is 4.39. The second-order valence-corrected chi connectivity index (χ2v) is 5.40. The lowest BCUT2D eigenvalue weighted by molar-refractivity contribution is 0.0932. The Morgan fingerprint density at radius 2 is 1.83 bits per heavy atom. The molecule has 0 aliphatic carbocycles. The smallest absolute Gasteiger partial charge is 0.251 e. The van der Waals surface area contributed by atoms with Gasteiger partial charge in [-0.1, -0.05) is 47.1 Å². The van der Waals surface area contributed by atoms with Crippen LogP contribution in [0.25, 0.3) is 11.4 Å². The Morgan fingerprint density at radius 1 is 1.13 bits per heavy atom. The number of amides is 1. The first-order valence-corrected chi connectivity index (χ1v) is 7.47. The highest BCUT2D eigenvalue weighted by Gasteiger charge is 2.18. The summed E-state index contributed by atoms with van der Waals surface area (Å²) in [5.74, 6) is 0.520. The number of carbonyl (C=O) groups is 1. The molecule has 116 valence electrons. The number of carbonyl (C=O) groups excluding carboxylic acids is 1. The molecule has 1 heterocycles. The minimum atomic E-state index is -0.411. The number of benzene rings is 2. The van der Waals surface area contributed by atoms with Gasteiger partial charge in [0.2, 0.25) is 11.7 Å². The van der Waals surface area contributed by atoms with E-state index in [4.69, 9.17) is 16.1 Å². The molecule has 0 aliphatic heterocycles. The van der Waals surface area contributed by atoms with Crippen LogP contribution in [-0.2, 0) is 0 Å². The number of hydrogen-bond acceptors (Lipinski definition) is 4. The molecule has 0 spiro atoms. The molecule has 0 bridgehead atoms. The summed E-state index contributed by atoms with van der Waals surface area (Å²) in [5.41, 5.74) is 1.26. The van der Waals surface area contributed by atoms with Gasteiger partial charge in [0.05, 0.1) is 5.02 Å². The van der Waals surface area contributed by atoms with Crippen molar-refractivity contribution in [3.63, 3.8) is 0 Å². The fraction of sp³-hybridized carbons (Fsp3) is 0.118. The average Bonchev–Trinajstić information content (AvgIpc) is 3.06. The normalized spacial score (nSPS) is 11.9. The van der Waals surface area contributed by atoms with Crippen molar-refractivity contribution in [3.05, 3.63) is 71.1 Å². The number of aromatic nitrogens is 2. The molecule has 0 saturated carbocycles. The van der Waals surface area contributed by atoms with Crippen LogP contribution in [0.15, 0.2) is 59.1 Å². The molecule has 5 nitrogen and oxygen atoms in total. The quantitative estimate of drug-likeness (QED) is 0.789. The fourth-order valence-corrected chi connectivity index (χ4v) is 2.31. The largest absolute Gasteiger partial charge is 0.341 e. The number of hydrogen-bond donors (Lipinski definition) is 1.